The van der Waals surface area contributed by atoms with Crippen molar-refractivity contribution in [3.63, 3.8) is 0 Å². The number of furan rings is 1. The van der Waals surface area contributed by atoms with E-state index in [1.807, 2.05) is 0 Å². The molecular formula is C22H22ClN3O4. The van der Waals surface area contributed by atoms with Crippen molar-refractivity contribution in [3.8, 4) is 17.1 Å². The van der Waals surface area contributed by atoms with E-state index >= 15 is 0 Å². The Bertz CT molecular complexity index is 1030. The zero-order chi connectivity index (χ0) is 21.1. The summed E-state index contributed by atoms with van der Waals surface area (Å²) in [7, 11) is 0. The van der Waals surface area contributed by atoms with Crippen LogP contribution in [0.2, 0.25) is 5.02 Å². The molecule has 3 heterocycles. The molecule has 156 valence electrons. The third kappa shape index (κ3) is 4.11. The molecule has 0 saturated carbocycles. The van der Waals surface area contributed by atoms with Crippen LogP contribution in [-0.2, 0) is 9.53 Å². The Morgan fingerprint density at radius 2 is 2.07 bits per heavy atom. The smallest absolute Gasteiger partial charge is 0.310 e. The summed E-state index contributed by atoms with van der Waals surface area (Å²) in [5.74, 6) is -0.180. The summed E-state index contributed by atoms with van der Waals surface area (Å²) >= 11 is 6.02. The lowest BCUT2D eigenvalue weighted by molar-refractivity contribution is -0.149. The SMILES string of the molecule is CCOC(=O)C1CCCN(C(=O)c2cc(-c3ccco3)nn2-c2ccc(Cl)cc2)C1. The molecule has 1 aromatic carbocycles. The average molecular weight is 428 g/mol. The van der Waals surface area contributed by atoms with Crippen molar-refractivity contribution in [1.29, 1.82) is 0 Å². The largest absolute Gasteiger partial charge is 0.466 e. The van der Waals surface area contributed by atoms with Crippen molar-refractivity contribution in [2.24, 2.45) is 5.92 Å². The van der Waals surface area contributed by atoms with Crippen LogP contribution in [-0.4, -0.2) is 46.3 Å². The molecule has 1 fully saturated rings. The minimum atomic E-state index is -0.306. The van der Waals surface area contributed by atoms with Gasteiger partial charge in [0.1, 0.15) is 11.4 Å². The third-order valence-corrected chi connectivity index (χ3v) is 5.35. The van der Waals surface area contributed by atoms with Crippen molar-refractivity contribution in [1.82, 2.24) is 14.7 Å². The Kier molecular flexibility index (Phi) is 5.90. The molecule has 0 bridgehead atoms. The topological polar surface area (TPSA) is 77.6 Å². The quantitative estimate of drug-likeness (QED) is 0.570. The molecule has 1 aliphatic rings. The Morgan fingerprint density at radius 1 is 1.27 bits per heavy atom. The molecule has 0 spiro atoms. The number of hydrogen-bond donors (Lipinski definition) is 0. The molecule has 3 aromatic rings. The number of hydrogen-bond acceptors (Lipinski definition) is 5. The predicted octanol–water partition coefficient (Wildman–Crippen LogP) is 4.20. The number of benzene rings is 1. The third-order valence-electron chi connectivity index (χ3n) is 5.10. The standard InChI is InChI=1S/C22H22ClN3O4/c1-2-29-22(28)15-5-3-11-25(14-15)21(27)19-13-18(20-6-4-12-30-20)24-26(19)17-9-7-16(23)8-10-17/h4,6-10,12-13,15H,2-3,5,11,14H2,1H3. The van der Waals surface area contributed by atoms with E-state index in [-0.39, 0.29) is 17.8 Å². The Balaban J connectivity index is 1.67. The Hall–Kier alpha value is -3.06. The maximum Gasteiger partial charge on any atom is 0.310 e. The molecule has 1 unspecified atom stereocenters. The summed E-state index contributed by atoms with van der Waals surface area (Å²) in [6, 6.07) is 12.4. The van der Waals surface area contributed by atoms with Gasteiger partial charge in [0, 0.05) is 24.2 Å². The number of piperidine rings is 1. The second-order valence-corrected chi connectivity index (χ2v) is 7.56. The molecule has 0 N–H and O–H groups in total. The van der Waals surface area contributed by atoms with Crippen LogP contribution >= 0.6 is 11.6 Å². The molecule has 8 heteroatoms. The van der Waals surface area contributed by atoms with Crippen LogP contribution in [0.1, 0.15) is 30.3 Å². The fraction of sp³-hybridized carbons (Fsp3) is 0.318. The van der Waals surface area contributed by atoms with E-state index in [0.29, 0.717) is 47.6 Å². The normalized spacial score (nSPS) is 16.5. The van der Waals surface area contributed by atoms with Gasteiger partial charge in [-0.1, -0.05) is 11.6 Å². The van der Waals surface area contributed by atoms with Gasteiger partial charge in [-0.2, -0.15) is 5.10 Å². The lowest BCUT2D eigenvalue weighted by Gasteiger charge is -2.31. The first kappa shape index (κ1) is 20.2. The van der Waals surface area contributed by atoms with Crippen LogP contribution in [0.5, 0.6) is 0 Å². The van der Waals surface area contributed by atoms with Crippen molar-refractivity contribution in [2.45, 2.75) is 19.8 Å². The molecule has 1 saturated heterocycles. The highest BCUT2D eigenvalue weighted by atomic mass is 35.5. The maximum atomic E-state index is 13.4. The van der Waals surface area contributed by atoms with Gasteiger partial charge in [-0.05, 0) is 56.2 Å². The maximum absolute atomic E-state index is 13.4. The second-order valence-electron chi connectivity index (χ2n) is 7.12. The van der Waals surface area contributed by atoms with Gasteiger partial charge in [0.05, 0.1) is 24.5 Å². The van der Waals surface area contributed by atoms with E-state index in [4.69, 9.17) is 20.8 Å². The number of esters is 1. The van der Waals surface area contributed by atoms with Crippen LogP contribution < -0.4 is 0 Å². The molecule has 0 radical (unpaired) electrons. The second kappa shape index (κ2) is 8.75. The lowest BCUT2D eigenvalue weighted by atomic mass is 9.98. The average Bonchev–Trinajstić information content (AvgIpc) is 3.44. The summed E-state index contributed by atoms with van der Waals surface area (Å²) in [6.07, 6.45) is 3.03. The van der Waals surface area contributed by atoms with Gasteiger partial charge < -0.3 is 14.1 Å². The predicted molar refractivity (Wildman–Crippen MR) is 112 cm³/mol. The molecular weight excluding hydrogens is 406 g/mol. The van der Waals surface area contributed by atoms with Gasteiger partial charge in [0.2, 0.25) is 0 Å². The van der Waals surface area contributed by atoms with Crippen molar-refractivity contribution in [2.75, 3.05) is 19.7 Å². The molecule has 7 nitrogen and oxygen atoms in total. The highest BCUT2D eigenvalue weighted by Crippen LogP contribution is 2.26. The van der Waals surface area contributed by atoms with Gasteiger partial charge in [-0.15, -0.1) is 0 Å². The van der Waals surface area contributed by atoms with Gasteiger partial charge in [-0.3, -0.25) is 9.59 Å². The molecule has 0 aliphatic carbocycles. The first-order valence-electron chi connectivity index (χ1n) is 9.92. The van der Waals surface area contributed by atoms with E-state index < -0.39 is 0 Å². The minimum Gasteiger partial charge on any atom is -0.466 e. The summed E-state index contributed by atoms with van der Waals surface area (Å²) in [5.41, 5.74) is 1.66. The molecule has 1 amide bonds. The zero-order valence-electron chi connectivity index (χ0n) is 16.6. The number of ether oxygens (including phenoxy) is 1. The van der Waals surface area contributed by atoms with Crippen molar-refractivity contribution >= 4 is 23.5 Å². The Morgan fingerprint density at radius 3 is 2.77 bits per heavy atom. The fourth-order valence-electron chi connectivity index (χ4n) is 3.63. The number of carbonyl (C=O) groups is 2. The summed E-state index contributed by atoms with van der Waals surface area (Å²) in [6.45, 7) is 3.03. The van der Waals surface area contributed by atoms with Crippen LogP contribution in [0.4, 0.5) is 0 Å². The first-order chi connectivity index (χ1) is 14.6. The zero-order valence-corrected chi connectivity index (χ0v) is 17.3. The Labute approximate surface area is 179 Å². The number of likely N-dealkylation sites (tertiary alicyclic amines) is 1. The number of aromatic nitrogens is 2. The van der Waals surface area contributed by atoms with Gasteiger partial charge in [-0.25, -0.2) is 4.68 Å². The monoisotopic (exact) mass is 427 g/mol. The number of amides is 1. The number of rotatable bonds is 5. The van der Waals surface area contributed by atoms with Gasteiger partial charge in [0.25, 0.3) is 5.91 Å². The number of carbonyl (C=O) groups excluding carboxylic acids is 2. The van der Waals surface area contributed by atoms with Crippen LogP contribution in [0, 0.1) is 5.92 Å². The summed E-state index contributed by atoms with van der Waals surface area (Å²) < 4.78 is 12.2. The van der Waals surface area contributed by atoms with Crippen LogP contribution in [0.15, 0.2) is 53.1 Å². The summed E-state index contributed by atoms with van der Waals surface area (Å²) in [5, 5.41) is 5.19. The fourth-order valence-corrected chi connectivity index (χ4v) is 3.76. The van der Waals surface area contributed by atoms with Gasteiger partial charge >= 0.3 is 5.97 Å². The van der Waals surface area contributed by atoms with E-state index in [0.717, 1.165) is 12.8 Å². The van der Waals surface area contributed by atoms with E-state index in [9.17, 15) is 9.59 Å². The van der Waals surface area contributed by atoms with E-state index in [2.05, 4.69) is 5.10 Å². The van der Waals surface area contributed by atoms with Gasteiger partial charge in [0.15, 0.2) is 5.76 Å². The molecule has 1 aliphatic heterocycles. The van der Waals surface area contributed by atoms with Crippen LogP contribution in [0.3, 0.4) is 0 Å². The van der Waals surface area contributed by atoms with E-state index in [1.165, 1.54) is 0 Å². The lowest BCUT2D eigenvalue weighted by Crippen LogP contribution is -2.43. The first-order valence-corrected chi connectivity index (χ1v) is 10.3. The van der Waals surface area contributed by atoms with Crippen molar-refractivity contribution < 1.29 is 18.7 Å². The molecule has 2 aromatic heterocycles. The van der Waals surface area contributed by atoms with Crippen molar-refractivity contribution in [3.05, 3.63) is 59.4 Å². The number of halogens is 1. The molecule has 1 atom stereocenters. The number of nitrogens with zero attached hydrogens (tertiary/aromatic N) is 3. The minimum absolute atomic E-state index is 0.191. The highest BCUT2D eigenvalue weighted by Gasteiger charge is 2.31. The summed E-state index contributed by atoms with van der Waals surface area (Å²) in [4.78, 5) is 27.3. The highest BCUT2D eigenvalue weighted by molar-refractivity contribution is 6.30. The molecule has 30 heavy (non-hydrogen) atoms. The van der Waals surface area contributed by atoms with Crippen LogP contribution in [0.25, 0.3) is 17.1 Å². The van der Waals surface area contributed by atoms with E-state index in [1.54, 1.807) is 65.2 Å². The molecule has 4 rings (SSSR count).